The molecule has 1 aliphatic heterocycles. The van der Waals surface area contributed by atoms with E-state index in [2.05, 4.69) is 44.4 Å². The van der Waals surface area contributed by atoms with Gasteiger partial charge in [-0.1, -0.05) is 6.07 Å². The van der Waals surface area contributed by atoms with E-state index in [4.69, 9.17) is 5.73 Å². The molecule has 0 bridgehead atoms. The molecule has 29 heavy (non-hydrogen) atoms. The van der Waals surface area contributed by atoms with Gasteiger partial charge in [-0.2, -0.15) is 0 Å². The zero-order chi connectivity index (χ0) is 21.0. The number of benzene rings is 1. The summed E-state index contributed by atoms with van der Waals surface area (Å²) in [6.45, 7) is 8.43. The van der Waals surface area contributed by atoms with E-state index in [-0.39, 0.29) is 17.0 Å². The molecule has 5 nitrogen and oxygen atoms in total. The topological polar surface area (TPSA) is 84.2 Å². The number of aryl methyl sites for hydroxylation is 2. The summed E-state index contributed by atoms with van der Waals surface area (Å²) >= 11 is 1.45. The zero-order valence-electron chi connectivity index (χ0n) is 17.6. The molecule has 0 unspecified atom stereocenters. The fourth-order valence-corrected chi connectivity index (χ4v) is 6.20. The maximum absolute atomic E-state index is 13.0. The molecule has 0 spiro atoms. The second-order valence-corrected chi connectivity index (χ2v) is 10.5. The minimum Gasteiger partial charge on any atom is -0.365 e. The van der Waals surface area contributed by atoms with Crippen molar-refractivity contribution in [3.63, 3.8) is 0 Å². The summed E-state index contributed by atoms with van der Waals surface area (Å²) in [4.78, 5) is 26.4. The van der Waals surface area contributed by atoms with E-state index in [0.717, 1.165) is 23.3 Å². The van der Waals surface area contributed by atoms with Gasteiger partial charge in [0.05, 0.1) is 5.56 Å². The Kier molecular flexibility index (Phi) is 4.82. The molecule has 0 atom stereocenters. The van der Waals surface area contributed by atoms with Crippen molar-refractivity contribution in [2.24, 2.45) is 5.73 Å². The molecule has 1 aromatic heterocycles. The molecule has 0 radical (unpaired) electrons. The van der Waals surface area contributed by atoms with E-state index in [1.807, 2.05) is 12.1 Å². The molecular weight excluding hydrogens is 382 g/mol. The van der Waals surface area contributed by atoms with Crippen molar-refractivity contribution in [3.8, 4) is 0 Å². The summed E-state index contributed by atoms with van der Waals surface area (Å²) in [5, 5.41) is 7.17. The van der Waals surface area contributed by atoms with E-state index >= 15 is 0 Å². The number of nitrogens with two attached hydrogens (primary N) is 1. The van der Waals surface area contributed by atoms with Crippen molar-refractivity contribution in [2.45, 2.75) is 70.9 Å². The van der Waals surface area contributed by atoms with Gasteiger partial charge in [-0.25, -0.2) is 0 Å². The fraction of sp³-hybridized carbons (Fsp3) is 0.478. The highest BCUT2D eigenvalue weighted by Gasteiger charge is 2.41. The second kappa shape index (κ2) is 6.96. The van der Waals surface area contributed by atoms with E-state index in [0.29, 0.717) is 22.5 Å². The largest absolute Gasteiger partial charge is 0.365 e. The number of carbonyl (C=O) groups excluding carboxylic acids is 2. The van der Waals surface area contributed by atoms with Crippen LogP contribution in [-0.4, -0.2) is 17.4 Å². The van der Waals surface area contributed by atoms with Crippen molar-refractivity contribution in [1.82, 2.24) is 5.32 Å². The number of carbonyl (C=O) groups is 2. The van der Waals surface area contributed by atoms with E-state index in [1.165, 1.54) is 35.3 Å². The summed E-state index contributed by atoms with van der Waals surface area (Å²) in [6.07, 6.45) is 5.17. The summed E-state index contributed by atoms with van der Waals surface area (Å²) in [5.41, 5.74) is 9.94. The molecule has 2 aliphatic rings. The molecule has 4 N–H and O–H groups in total. The average Bonchev–Trinajstić information content (AvgIpc) is 2.98. The van der Waals surface area contributed by atoms with Crippen LogP contribution in [0.25, 0.3) is 0 Å². The van der Waals surface area contributed by atoms with Gasteiger partial charge in [0.2, 0.25) is 0 Å². The minimum atomic E-state index is -0.489. The van der Waals surface area contributed by atoms with E-state index in [9.17, 15) is 9.59 Å². The highest BCUT2D eigenvalue weighted by Crippen LogP contribution is 2.45. The van der Waals surface area contributed by atoms with Crippen LogP contribution in [-0.2, 0) is 24.8 Å². The zero-order valence-corrected chi connectivity index (χ0v) is 18.4. The molecule has 2 amide bonds. The van der Waals surface area contributed by atoms with Crippen LogP contribution in [0.3, 0.4) is 0 Å². The predicted molar refractivity (Wildman–Crippen MR) is 118 cm³/mol. The lowest BCUT2D eigenvalue weighted by molar-refractivity contribution is 0.0999. The molecule has 0 fully saturated rings. The Hall–Kier alpha value is -2.18. The Balaban J connectivity index is 1.70. The second-order valence-electron chi connectivity index (χ2n) is 9.43. The van der Waals surface area contributed by atoms with Gasteiger partial charge < -0.3 is 16.4 Å². The molecule has 2 aromatic rings. The molecule has 1 aliphatic carbocycles. The summed E-state index contributed by atoms with van der Waals surface area (Å²) in [7, 11) is 0. The van der Waals surface area contributed by atoms with Gasteiger partial charge in [-0.05, 0) is 88.6 Å². The summed E-state index contributed by atoms with van der Waals surface area (Å²) in [6, 6.07) is 5.94. The van der Waals surface area contributed by atoms with Crippen LogP contribution < -0.4 is 16.4 Å². The molecule has 2 heterocycles. The predicted octanol–water partition coefficient (Wildman–Crippen LogP) is 4.14. The highest BCUT2D eigenvalue weighted by atomic mass is 32.1. The molecule has 6 heteroatoms. The quantitative estimate of drug-likeness (QED) is 0.710. The fourth-order valence-electron chi connectivity index (χ4n) is 4.93. The molecule has 0 saturated heterocycles. The molecule has 0 saturated carbocycles. The Morgan fingerprint density at radius 1 is 1.10 bits per heavy atom. The van der Waals surface area contributed by atoms with Gasteiger partial charge >= 0.3 is 0 Å². The highest BCUT2D eigenvalue weighted by molar-refractivity contribution is 7.17. The number of hydrogen-bond acceptors (Lipinski definition) is 4. The number of primary amides is 1. The standard InChI is InChI=1S/C23H29N3O2S/c1-22(2)12-16-17(19(24)27)21(29-18(16)23(3,4)26-22)25-20(28)15-10-9-13-7-5-6-8-14(13)11-15/h9-11,26H,5-8,12H2,1-4H3,(H2,24,27)(H,25,28). The summed E-state index contributed by atoms with van der Waals surface area (Å²) < 4.78 is 0. The van der Waals surface area contributed by atoms with Crippen molar-refractivity contribution in [3.05, 3.63) is 50.9 Å². The Labute approximate surface area is 176 Å². The molecule has 154 valence electrons. The lowest BCUT2D eigenvalue weighted by Crippen LogP contribution is -2.55. The lowest BCUT2D eigenvalue weighted by Gasteiger charge is -2.42. The maximum Gasteiger partial charge on any atom is 0.256 e. The van der Waals surface area contributed by atoms with Crippen molar-refractivity contribution < 1.29 is 9.59 Å². The van der Waals surface area contributed by atoms with Crippen LogP contribution in [0.2, 0.25) is 0 Å². The SMILES string of the molecule is CC1(C)Cc2c(sc(NC(=O)c3ccc4c(c3)CCCC4)c2C(N)=O)C(C)(C)N1. The summed E-state index contributed by atoms with van der Waals surface area (Å²) in [5.74, 6) is -0.679. The number of fused-ring (bicyclic) bond motifs is 2. The van der Waals surface area contributed by atoms with Gasteiger partial charge in [0, 0.05) is 21.5 Å². The Morgan fingerprint density at radius 3 is 2.48 bits per heavy atom. The first kappa shape index (κ1) is 20.1. The van der Waals surface area contributed by atoms with Gasteiger partial charge in [-0.15, -0.1) is 11.3 Å². The number of anilines is 1. The van der Waals surface area contributed by atoms with Crippen molar-refractivity contribution in [1.29, 1.82) is 0 Å². The third-order valence-corrected chi connectivity index (χ3v) is 7.40. The number of amides is 2. The lowest BCUT2D eigenvalue weighted by atomic mass is 9.81. The van der Waals surface area contributed by atoms with Crippen LogP contribution in [0, 0.1) is 0 Å². The Bertz CT molecular complexity index is 1000. The van der Waals surface area contributed by atoms with Crippen molar-refractivity contribution in [2.75, 3.05) is 5.32 Å². The van der Waals surface area contributed by atoms with Crippen LogP contribution in [0.1, 0.15) is 82.8 Å². The number of nitrogens with one attached hydrogen (secondary N) is 2. The first-order chi connectivity index (χ1) is 13.6. The minimum absolute atomic E-state index is 0.165. The van der Waals surface area contributed by atoms with E-state index < -0.39 is 5.91 Å². The van der Waals surface area contributed by atoms with Crippen molar-refractivity contribution >= 4 is 28.2 Å². The van der Waals surface area contributed by atoms with Crippen LogP contribution >= 0.6 is 11.3 Å². The van der Waals surface area contributed by atoms with Crippen LogP contribution in [0.4, 0.5) is 5.00 Å². The number of hydrogen-bond donors (Lipinski definition) is 3. The van der Waals surface area contributed by atoms with Gasteiger partial charge in [0.15, 0.2) is 0 Å². The van der Waals surface area contributed by atoms with E-state index in [1.54, 1.807) is 0 Å². The maximum atomic E-state index is 13.0. The first-order valence-corrected chi connectivity index (χ1v) is 11.1. The molecular formula is C23H29N3O2S. The van der Waals surface area contributed by atoms with Gasteiger partial charge in [-0.3, -0.25) is 9.59 Å². The third-order valence-electron chi connectivity index (χ3n) is 5.93. The average molecular weight is 412 g/mol. The normalized spacial score (nSPS) is 19.2. The smallest absolute Gasteiger partial charge is 0.256 e. The molecule has 1 aromatic carbocycles. The number of rotatable bonds is 3. The Morgan fingerprint density at radius 2 is 1.79 bits per heavy atom. The molecule has 4 rings (SSSR count). The van der Waals surface area contributed by atoms with Crippen LogP contribution in [0.5, 0.6) is 0 Å². The van der Waals surface area contributed by atoms with Crippen LogP contribution in [0.15, 0.2) is 18.2 Å². The third kappa shape index (κ3) is 3.71. The number of thiophene rings is 1. The monoisotopic (exact) mass is 411 g/mol. The van der Waals surface area contributed by atoms with Gasteiger partial charge in [0.25, 0.3) is 11.8 Å². The van der Waals surface area contributed by atoms with Gasteiger partial charge in [0.1, 0.15) is 5.00 Å². The first-order valence-electron chi connectivity index (χ1n) is 10.3.